The van der Waals surface area contributed by atoms with Crippen LogP contribution in [0.2, 0.25) is 0 Å². The Morgan fingerprint density at radius 2 is 1.89 bits per heavy atom. The number of aryl methyl sites for hydroxylation is 2. The normalized spacial score (nSPS) is 17.6. The second-order valence-electron chi connectivity index (χ2n) is 7.11. The lowest BCUT2D eigenvalue weighted by Crippen LogP contribution is -2.50. The smallest absolute Gasteiger partial charge is 0.260 e. The molecule has 0 N–H and O–H groups in total. The molecule has 5 nitrogen and oxygen atoms in total. The van der Waals surface area contributed by atoms with E-state index in [0.29, 0.717) is 13.1 Å². The molecular weight excluding hydrogens is 340 g/mol. The van der Waals surface area contributed by atoms with Gasteiger partial charge < -0.3 is 14.4 Å². The number of nitrogens with zero attached hydrogens (tertiary/aromatic N) is 2. The minimum atomic E-state index is 0.0150. The molecule has 0 saturated carbocycles. The highest BCUT2D eigenvalue weighted by atomic mass is 16.5. The number of rotatable bonds is 5. The SMILES string of the molecule is COc1ccccc1C1CN(C(=O)COc2ccc(C)c(C)c2)CCN1C. The molecule has 1 heterocycles. The summed E-state index contributed by atoms with van der Waals surface area (Å²) >= 11 is 0. The minimum absolute atomic E-state index is 0.0150. The number of likely N-dealkylation sites (N-methyl/N-ethyl adjacent to an activating group) is 1. The van der Waals surface area contributed by atoms with Crippen LogP contribution in [-0.4, -0.2) is 56.1 Å². The summed E-state index contributed by atoms with van der Waals surface area (Å²) in [6, 6.07) is 14.0. The first-order chi connectivity index (χ1) is 13.0. The van der Waals surface area contributed by atoms with Crippen LogP contribution >= 0.6 is 0 Å². The van der Waals surface area contributed by atoms with Crippen LogP contribution < -0.4 is 9.47 Å². The Kier molecular flexibility index (Phi) is 6.01. The van der Waals surface area contributed by atoms with E-state index in [1.807, 2.05) is 48.2 Å². The summed E-state index contributed by atoms with van der Waals surface area (Å²) in [7, 11) is 3.77. The highest BCUT2D eigenvalue weighted by Gasteiger charge is 2.30. The number of carbonyl (C=O) groups is 1. The second kappa shape index (κ2) is 8.44. The van der Waals surface area contributed by atoms with Crippen LogP contribution in [0.5, 0.6) is 11.5 Å². The summed E-state index contributed by atoms with van der Waals surface area (Å²) in [6.07, 6.45) is 0. The van der Waals surface area contributed by atoms with E-state index in [4.69, 9.17) is 9.47 Å². The molecule has 1 unspecified atom stereocenters. The molecule has 0 radical (unpaired) electrons. The third-order valence-electron chi connectivity index (χ3n) is 5.34. The van der Waals surface area contributed by atoms with Crippen LogP contribution in [0, 0.1) is 13.8 Å². The summed E-state index contributed by atoms with van der Waals surface area (Å²) in [5.74, 6) is 1.61. The van der Waals surface area contributed by atoms with Gasteiger partial charge in [-0.2, -0.15) is 0 Å². The van der Waals surface area contributed by atoms with Gasteiger partial charge in [-0.3, -0.25) is 9.69 Å². The molecule has 144 valence electrons. The molecular formula is C22H28N2O3. The number of methoxy groups -OCH3 is 1. The molecule has 0 aromatic heterocycles. The lowest BCUT2D eigenvalue weighted by molar-refractivity contribution is -0.136. The van der Waals surface area contributed by atoms with Gasteiger partial charge >= 0.3 is 0 Å². The number of hydrogen-bond donors (Lipinski definition) is 0. The molecule has 2 aromatic carbocycles. The van der Waals surface area contributed by atoms with Crippen molar-refractivity contribution in [2.24, 2.45) is 0 Å². The van der Waals surface area contributed by atoms with Crippen molar-refractivity contribution in [3.05, 3.63) is 59.2 Å². The van der Waals surface area contributed by atoms with E-state index in [-0.39, 0.29) is 18.6 Å². The zero-order chi connectivity index (χ0) is 19.4. The van der Waals surface area contributed by atoms with Crippen molar-refractivity contribution in [1.29, 1.82) is 0 Å². The minimum Gasteiger partial charge on any atom is -0.496 e. The molecule has 0 bridgehead atoms. The van der Waals surface area contributed by atoms with Crippen molar-refractivity contribution in [3.63, 3.8) is 0 Å². The number of piperazine rings is 1. The number of ether oxygens (including phenoxy) is 2. The van der Waals surface area contributed by atoms with E-state index < -0.39 is 0 Å². The molecule has 1 saturated heterocycles. The molecule has 1 atom stereocenters. The first kappa shape index (κ1) is 19.2. The topological polar surface area (TPSA) is 42.0 Å². The monoisotopic (exact) mass is 368 g/mol. The third-order valence-corrected chi connectivity index (χ3v) is 5.34. The van der Waals surface area contributed by atoms with Crippen molar-refractivity contribution in [2.75, 3.05) is 40.4 Å². The summed E-state index contributed by atoms with van der Waals surface area (Å²) in [5.41, 5.74) is 3.48. The number of benzene rings is 2. The Hall–Kier alpha value is -2.53. The molecule has 0 spiro atoms. The van der Waals surface area contributed by atoms with Gasteiger partial charge in [0.05, 0.1) is 13.2 Å². The molecule has 1 aliphatic rings. The van der Waals surface area contributed by atoms with Crippen molar-refractivity contribution < 1.29 is 14.3 Å². The molecule has 1 fully saturated rings. The maximum absolute atomic E-state index is 12.7. The quantitative estimate of drug-likeness (QED) is 0.813. The number of amides is 1. The van der Waals surface area contributed by atoms with Gasteiger partial charge in [-0.05, 0) is 50.2 Å². The van der Waals surface area contributed by atoms with Gasteiger partial charge in [-0.1, -0.05) is 24.3 Å². The van der Waals surface area contributed by atoms with E-state index in [0.717, 1.165) is 29.2 Å². The van der Waals surface area contributed by atoms with Crippen molar-refractivity contribution in [2.45, 2.75) is 19.9 Å². The Morgan fingerprint density at radius 1 is 1.11 bits per heavy atom. The Bertz CT molecular complexity index is 806. The van der Waals surface area contributed by atoms with E-state index in [2.05, 4.69) is 24.9 Å². The first-order valence-electron chi connectivity index (χ1n) is 9.30. The second-order valence-corrected chi connectivity index (χ2v) is 7.11. The Labute approximate surface area is 161 Å². The lowest BCUT2D eigenvalue weighted by Gasteiger charge is -2.40. The third kappa shape index (κ3) is 4.42. The predicted octanol–water partition coefficient (Wildman–Crippen LogP) is 3.21. The fraction of sp³-hybridized carbons (Fsp3) is 0.409. The zero-order valence-corrected chi connectivity index (χ0v) is 16.6. The van der Waals surface area contributed by atoms with Crippen molar-refractivity contribution >= 4 is 5.91 Å². The van der Waals surface area contributed by atoms with E-state index in [1.165, 1.54) is 5.56 Å². The molecule has 1 amide bonds. The number of hydrogen-bond acceptors (Lipinski definition) is 4. The van der Waals surface area contributed by atoms with Crippen molar-refractivity contribution in [1.82, 2.24) is 9.80 Å². The van der Waals surface area contributed by atoms with Gasteiger partial charge in [0, 0.05) is 25.2 Å². The average Bonchev–Trinajstić information content (AvgIpc) is 2.69. The highest BCUT2D eigenvalue weighted by Crippen LogP contribution is 2.31. The van der Waals surface area contributed by atoms with Crippen LogP contribution in [0.25, 0.3) is 0 Å². The van der Waals surface area contributed by atoms with E-state index in [9.17, 15) is 4.79 Å². The first-order valence-corrected chi connectivity index (χ1v) is 9.30. The van der Waals surface area contributed by atoms with Gasteiger partial charge in [0.1, 0.15) is 11.5 Å². The Morgan fingerprint density at radius 3 is 2.63 bits per heavy atom. The molecule has 5 heteroatoms. The molecule has 27 heavy (non-hydrogen) atoms. The van der Waals surface area contributed by atoms with Crippen LogP contribution in [0.4, 0.5) is 0 Å². The molecule has 1 aliphatic heterocycles. The largest absolute Gasteiger partial charge is 0.496 e. The van der Waals surface area contributed by atoms with Gasteiger partial charge in [-0.25, -0.2) is 0 Å². The molecule has 0 aliphatic carbocycles. The standard InChI is InChI=1S/C22H28N2O3/c1-16-9-10-18(13-17(16)2)27-15-22(25)24-12-11-23(3)20(14-24)19-7-5-6-8-21(19)26-4/h5-10,13,20H,11-12,14-15H2,1-4H3. The summed E-state index contributed by atoms with van der Waals surface area (Å²) in [4.78, 5) is 16.9. The van der Waals surface area contributed by atoms with Gasteiger partial charge in [0.2, 0.25) is 0 Å². The Balaban J connectivity index is 1.66. The van der Waals surface area contributed by atoms with Crippen LogP contribution in [0.15, 0.2) is 42.5 Å². The fourth-order valence-electron chi connectivity index (χ4n) is 3.42. The van der Waals surface area contributed by atoms with Crippen LogP contribution in [-0.2, 0) is 4.79 Å². The van der Waals surface area contributed by atoms with E-state index >= 15 is 0 Å². The maximum atomic E-state index is 12.7. The average molecular weight is 368 g/mol. The van der Waals surface area contributed by atoms with Gasteiger partial charge in [0.25, 0.3) is 5.91 Å². The summed E-state index contributed by atoms with van der Waals surface area (Å²) in [6.45, 7) is 6.32. The van der Waals surface area contributed by atoms with Crippen LogP contribution in [0.1, 0.15) is 22.7 Å². The predicted molar refractivity (Wildman–Crippen MR) is 106 cm³/mol. The summed E-state index contributed by atoms with van der Waals surface area (Å²) < 4.78 is 11.3. The number of carbonyl (C=O) groups excluding carboxylic acids is 1. The zero-order valence-electron chi connectivity index (χ0n) is 16.6. The highest BCUT2D eigenvalue weighted by molar-refractivity contribution is 5.78. The van der Waals surface area contributed by atoms with E-state index in [1.54, 1.807) is 7.11 Å². The number of para-hydroxylation sites is 1. The van der Waals surface area contributed by atoms with Crippen molar-refractivity contribution in [3.8, 4) is 11.5 Å². The summed E-state index contributed by atoms with van der Waals surface area (Å²) in [5, 5.41) is 0. The lowest BCUT2D eigenvalue weighted by atomic mass is 10.0. The maximum Gasteiger partial charge on any atom is 0.260 e. The van der Waals surface area contributed by atoms with Gasteiger partial charge in [-0.15, -0.1) is 0 Å². The van der Waals surface area contributed by atoms with Crippen LogP contribution in [0.3, 0.4) is 0 Å². The molecule has 2 aromatic rings. The fourth-order valence-corrected chi connectivity index (χ4v) is 3.42. The van der Waals surface area contributed by atoms with Gasteiger partial charge in [0.15, 0.2) is 6.61 Å². The molecule has 3 rings (SSSR count).